The molecule has 0 saturated carbocycles. The van der Waals surface area contributed by atoms with Crippen LogP contribution in [0.1, 0.15) is 45.2 Å². The minimum Gasteiger partial charge on any atom is -0.356 e. The third kappa shape index (κ3) is 8.19. The van der Waals surface area contributed by atoms with Gasteiger partial charge in [-0.1, -0.05) is 24.3 Å². The molecule has 0 spiro atoms. The molecule has 1 rings (SSSR count). The van der Waals surface area contributed by atoms with Gasteiger partial charge in [0.2, 0.25) is 0 Å². The molecule has 1 aromatic carbocycles. The molecule has 0 atom stereocenters. The second-order valence-corrected chi connectivity index (χ2v) is 7.64. The Hall–Kier alpha value is -1.59. The van der Waals surface area contributed by atoms with Crippen molar-refractivity contribution in [2.24, 2.45) is 4.99 Å². The van der Waals surface area contributed by atoms with E-state index in [9.17, 15) is 0 Å². The maximum atomic E-state index is 4.35. The fraction of sp³-hybridized carbons (Fsp3) is 0.667. The van der Waals surface area contributed by atoms with Gasteiger partial charge in [-0.25, -0.2) is 0 Å². The summed E-state index contributed by atoms with van der Waals surface area (Å²) < 4.78 is 0. The van der Waals surface area contributed by atoms with Crippen LogP contribution in [0.25, 0.3) is 0 Å². The van der Waals surface area contributed by atoms with Crippen LogP contribution in [0.4, 0.5) is 0 Å². The van der Waals surface area contributed by atoms with Gasteiger partial charge in [0.25, 0.3) is 0 Å². The van der Waals surface area contributed by atoms with Gasteiger partial charge in [0, 0.05) is 45.3 Å². The molecule has 0 fully saturated rings. The van der Waals surface area contributed by atoms with Crippen LogP contribution < -0.4 is 10.6 Å². The van der Waals surface area contributed by atoms with Crippen LogP contribution in [0.2, 0.25) is 0 Å². The smallest absolute Gasteiger partial charge is 0.191 e. The van der Waals surface area contributed by atoms with Crippen molar-refractivity contribution < 1.29 is 0 Å². The molecule has 0 saturated heterocycles. The molecule has 0 aliphatic carbocycles. The molecule has 2 N–H and O–H groups in total. The molecular weight excluding hydrogens is 322 g/mol. The first-order valence-corrected chi connectivity index (χ1v) is 9.77. The van der Waals surface area contributed by atoms with Crippen molar-refractivity contribution in [3.05, 3.63) is 35.4 Å². The summed E-state index contributed by atoms with van der Waals surface area (Å²) >= 11 is 0. The molecule has 0 aliphatic heterocycles. The van der Waals surface area contributed by atoms with Crippen LogP contribution >= 0.6 is 0 Å². The Bertz CT molecular complexity index is 529. The number of rotatable bonds is 10. The summed E-state index contributed by atoms with van der Waals surface area (Å²) in [7, 11) is 6.03. The average Bonchev–Trinajstić information content (AvgIpc) is 2.57. The van der Waals surface area contributed by atoms with Gasteiger partial charge < -0.3 is 15.5 Å². The summed E-state index contributed by atoms with van der Waals surface area (Å²) in [5.41, 5.74) is 2.67. The highest BCUT2D eigenvalue weighted by molar-refractivity contribution is 5.79. The fourth-order valence-electron chi connectivity index (χ4n) is 3.21. The number of benzene rings is 1. The molecule has 148 valence electrons. The summed E-state index contributed by atoms with van der Waals surface area (Å²) in [5.74, 6) is 0.866. The van der Waals surface area contributed by atoms with Gasteiger partial charge >= 0.3 is 0 Å². The van der Waals surface area contributed by atoms with Gasteiger partial charge in [0.05, 0.1) is 0 Å². The number of hydrogen-bond donors (Lipinski definition) is 2. The van der Waals surface area contributed by atoms with E-state index in [4.69, 9.17) is 0 Å². The van der Waals surface area contributed by atoms with E-state index in [-0.39, 0.29) is 0 Å². The number of aliphatic imine (C=N–C) groups is 1. The van der Waals surface area contributed by atoms with Gasteiger partial charge in [0.15, 0.2) is 5.96 Å². The predicted octanol–water partition coefficient (Wildman–Crippen LogP) is 2.92. The Labute approximate surface area is 160 Å². The van der Waals surface area contributed by atoms with Crippen molar-refractivity contribution in [2.75, 3.05) is 34.2 Å². The molecule has 26 heavy (non-hydrogen) atoms. The molecule has 0 heterocycles. The molecule has 5 nitrogen and oxygen atoms in total. The highest BCUT2D eigenvalue weighted by atomic mass is 15.2. The third-order valence-corrected chi connectivity index (χ3v) is 4.49. The maximum absolute atomic E-state index is 4.35. The number of nitrogens with one attached hydrogen (secondary N) is 2. The van der Waals surface area contributed by atoms with Gasteiger partial charge in [-0.05, 0) is 59.3 Å². The van der Waals surface area contributed by atoms with Crippen LogP contribution in [-0.2, 0) is 13.1 Å². The summed E-state index contributed by atoms with van der Waals surface area (Å²) in [6.45, 7) is 12.8. The molecule has 0 aliphatic rings. The van der Waals surface area contributed by atoms with E-state index in [0.717, 1.165) is 38.6 Å². The molecule has 1 aromatic rings. The van der Waals surface area contributed by atoms with Gasteiger partial charge in [-0.15, -0.1) is 0 Å². The minimum atomic E-state index is 0.584. The lowest BCUT2D eigenvalue weighted by Gasteiger charge is -2.30. The SMILES string of the molecule is CN=C(NCCCN(C(C)C)C(C)C)NCc1ccccc1CN(C)C. The van der Waals surface area contributed by atoms with Crippen molar-refractivity contribution in [1.29, 1.82) is 0 Å². The van der Waals surface area contributed by atoms with Crippen LogP contribution in [0.5, 0.6) is 0 Å². The molecule has 0 aromatic heterocycles. The van der Waals surface area contributed by atoms with Crippen molar-refractivity contribution in [2.45, 2.75) is 59.3 Å². The molecule has 0 radical (unpaired) electrons. The van der Waals surface area contributed by atoms with Crippen molar-refractivity contribution >= 4 is 5.96 Å². The molecular formula is C21H39N5. The summed E-state index contributed by atoms with van der Waals surface area (Å²) in [6, 6.07) is 9.74. The Kier molecular flexibility index (Phi) is 10.3. The Morgan fingerprint density at radius 2 is 1.62 bits per heavy atom. The zero-order valence-electron chi connectivity index (χ0n) is 17.8. The van der Waals surface area contributed by atoms with Gasteiger partial charge in [-0.3, -0.25) is 9.89 Å². The quantitative estimate of drug-likeness (QED) is 0.382. The van der Waals surface area contributed by atoms with E-state index in [2.05, 4.69) is 91.5 Å². The zero-order valence-corrected chi connectivity index (χ0v) is 17.8. The summed E-state index contributed by atoms with van der Waals surface area (Å²) in [6.07, 6.45) is 1.11. The highest BCUT2D eigenvalue weighted by Gasteiger charge is 2.12. The number of hydrogen-bond acceptors (Lipinski definition) is 3. The molecule has 0 unspecified atom stereocenters. The summed E-state index contributed by atoms with van der Waals surface area (Å²) in [5, 5.41) is 6.87. The molecule has 5 heteroatoms. The van der Waals surface area contributed by atoms with Crippen molar-refractivity contribution in [1.82, 2.24) is 20.4 Å². The maximum Gasteiger partial charge on any atom is 0.191 e. The lowest BCUT2D eigenvalue weighted by molar-refractivity contribution is 0.173. The van der Waals surface area contributed by atoms with Crippen LogP contribution in [-0.4, -0.2) is 62.1 Å². The van der Waals surface area contributed by atoms with E-state index in [1.165, 1.54) is 11.1 Å². The lowest BCUT2D eigenvalue weighted by atomic mass is 10.1. The first-order valence-electron chi connectivity index (χ1n) is 9.77. The standard InChI is InChI=1S/C21H39N5/c1-17(2)26(18(3)4)14-10-13-23-21(22-5)24-15-19-11-8-9-12-20(19)16-25(6)7/h8-9,11-12,17-18H,10,13-16H2,1-7H3,(H2,22,23,24). The van der Waals surface area contributed by atoms with Crippen LogP contribution in [0.15, 0.2) is 29.3 Å². The van der Waals surface area contributed by atoms with E-state index in [0.29, 0.717) is 12.1 Å². The highest BCUT2D eigenvalue weighted by Crippen LogP contribution is 2.10. The predicted molar refractivity (Wildman–Crippen MR) is 114 cm³/mol. The normalized spacial score (nSPS) is 12.5. The second kappa shape index (κ2) is 11.9. The van der Waals surface area contributed by atoms with Crippen LogP contribution in [0.3, 0.4) is 0 Å². The monoisotopic (exact) mass is 361 g/mol. The molecule has 0 bridgehead atoms. The summed E-state index contributed by atoms with van der Waals surface area (Å²) in [4.78, 5) is 9.07. The minimum absolute atomic E-state index is 0.584. The Morgan fingerprint density at radius 3 is 2.15 bits per heavy atom. The van der Waals surface area contributed by atoms with E-state index < -0.39 is 0 Å². The van der Waals surface area contributed by atoms with E-state index in [1.807, 2.05) is 7.05 Å². The average molecular weight is 362 g/mol. The Balaban J connectivity index is 2.45. The van der Waals surface area contributed by atoms with Gasteiger partial charge in [-0.2, -0.15) is 0 Å². The zero-order chi connectivity index (χ0) is 19.5. The third-order valence-electron chi connectivity index (χ3n) is 4.49. The number of guanidine groups is 1. The number of nitrogens with zero attached hydrogens (tertiary/aromatic N) is 3. The second-order valence-electron chi connectivity index (χ2n) is 7.64. The van der Waals surface area contributed by atoms with Crippen molar-refractivity contribution in [3.8, 4) is 0 Å². The fourth-order valence-corrected chi connectivity index (χ4v) is 3.21. The van der Waals surface area contributed by atoms with Gasteiger partial charge in [0.1, 0.15) is 0 Å². The first kappa shape index (κ1) is 22.5. The van der Waals surface area contributed by atoms with E-state index in [1.54, 1.807) is 0 Å². The Morgan fingerprint density at radius 1 is 1.00 bits per heavy atom. The van der Waals surface area contributed by atoms with Crippen LogP contribution in [0, 0.1) is 0 Å². The lowest BCUT2D eigenvalue weighted by Crippen LogP contribution is -2.41. The first-order chi connectivity index (χ1) is 12.3. The topological polar surface area (TPSA) is 42.9 Å². The largest absolute Gasteiger partial charge is 0.356 e. The van der Waals surface area contributed by atoms with Crippen molar-refractivity contribution in [3.63, 3.8) is 0 Å². The van der Waals surface area contributed by atoms with E-state index >= 15 is 0 Å². The molecule has 0 amide bonds.